The first-order valence-electron chi connectivity index (χ1n) is 7.80. The topological polar surface area (TPSA) is 82.4 Å². The highest BCUT2D eigenvalue weighted by Gasteiger charge is 2.31. The minimum absolute atomic E-state index is 0.238. The molecule has 0 bridgehead atoms. The second-order valence-electron chi connectivity index (χ2n) is 5.77. The van der Waals surface area contributed by atoms with Gasteiger partial charge in [-0.15, -0.1) is 0 Å². The number of nitrogens with zero attached hydrogens (tertiary/aromatic N) is 1. The van der Waals surface area contributed by atoms with Gasteiger partial charge in [-0.3, -0.25) is 4.79 Å². The Kier molecular flexibility index (Phi) is 5.91. The molecule has 5 nitrogen and oxygen atoms in total. The maximum absolute atomic E-state index is 12.6. The molecule has 2 rings (SSSR count). The fourth-order valence-corrected chi connectivity index (χ4v) is 2.70. The highest BCUT2D eigenvalue weighted by atomic mass is 19.4. The van der Waals surface area contributed by atoms with E-state index in [0.717, 1.165) is 37.5 Å². The largest absolute Gasteiger partial charge is 0.510 e. The van der Waals surface area contributed by atoms with Gasteiger partial charge in [0.1, 0.15) is 11.8 Å². The minimum Gasteiger partial charge on any atom is -0.510 e. The van der Waals surface area contributed by atoms with E-state index in [4.69, 9.17) is 10.1 Å². The van der Waals surface area contributed by atoms with Gasteiger partial charge in [0.05, 0.1) is 5.56 Å². The highest BCUT2D eigenvalue weighted by molar-refractivity contribution is 5.97. The Bertz CT molecular complexity index is 702. The van der Waals surface area contributed by atoms with E-state index in [1.54, 1.807) is 6.07 Å². The number of benzene rings is 1. The Labute approximate surface area is 142 Å². The molecule has 8 heteroatoms. The molecule has 0 unspecified atom stereocenters. The van der Waals surface area contributed by atoms with E-state index in [9.17, 15) is 23.1 Å². The SMILES string of the molecule is N#C/C(C(=O)NOc1cccc(C(F)(F)F)c1)=C(\O)C1CCCCC1. The molecule has 1 saturated carbocycles. The van der Waals surface area contributed by atoms with Crippen LogP contribution in [-0.4, -0.2) is 11.0 Å². The van der Waals surface area contributed by atoms with Gasteiger partial charge in [-0.2, -0.15) is 23.9 Å². The summed E-state index contributed by atoms with van der Waals surface area (Å²) < 4.78 is 37.9. The van der Waals surface area contributed by atoms with Gasteiger partial charge in [0.25, 0.3) is 5.91 Å². The van der Waals surface area contributed by atoms with Crippen LogP contribution >= 0.6 is 0 Å². The van der Waals surface area contributed by atoms with Crippen molar-refractivity contribution in [3.8, 4) is 11.8 Å². The van der Waals surface area contributed by atoms with Crippen molar-refractivity contribution in [1.29, 1.82) is 5.26 Å². The van der Waals surface area contributed by atoms with Gasteiger partial charge in [-0.25, -0.2) is 0 Å². The molecule has 0 aromatic heterocycles. The Hall–Kier alpha value is -2.69. The molecule has 1 aromatic carbocycles. The van der Waals surface area contributed by atoms with Crippen LogP contribution in [0.25, 0.3) is 0 Å². The summed E-state index contributed by atoms with van der Waals surface area (Å²) in [7, 11) is 0. The lowest BCUT2D eigenvalue weighted by atomic mass is 9.86. The summed E-state index contributed by atoms with van der Waals surface area (Å²) >= 11 is 0. The predicted molar refractivity (Wildman–Crippen MR) is 82.1 cm³/mol. The van der Waals surface area contributed by atoms with E-state index in [1.807, 2.05) is 5.48 Å². The zero-order valence-electron chi connectivity index (χ0n) is 13.3. The smallest absolute Gasteiger partial charge is 0.416 e. The molecular weight excluding hydrogens is 337 g/mol. The number of alkyl halides is 3. The number of rotatable bonds is 4. The van der Waals surface area contributed by atoms with Crippen molar-refractivity contribution >= 4 is 5.91 Å². The number of amides is 1. The third-order valence-corrected chi connectivity index (χ3v) is 4.01. The van der Waals surface area contributed by atoms with Gasteiger partial charge in [-0.1, -0.05) is 25.3 Å². The van der Waals surface area contributed by atoms with Crippen LogP contribution in [0.4, 0.5) is 13.2 Å². The van der Waals surface area contributed by atoms with Gasteiger partial charge in [-0.05, 0) is 31.0 Å². The van der Waals surface area contributed by atoms with E-state index in [2.05, 4.69) is 0 Å². The summed E-state index contributed by atoms with van der Waals surface area (Å²) in [6.45, 7) is 0. The van der Waals surface area contributed by atoms with Gasteiger partial charge in [0.2, 0.25) is 0 Å². The zero-order chi connectivity index (χ0) is 18.4. The van der Waals surface area contributed by atoms with Crippen LogP contribution in [-0.2, 0) is 11.0 Å². The molecule has 1 aliphatic carbocycles. The van der Waals surface area contributed by atoms with Crippen molar-refractivity contribution in [3.63, 3.8) is 0 Å². The molecule has 1 amide bonds. The Morgan fingerprint density at radius 1 is 1.28 bits per heavy atom. The first kappa shape index (κ1) is 18.6. The lowest BCUT2D eigenvalue weighted by Crippen LogP contribution is -2.30. The van der Waals surface area contributed by atoms with E-state index < -0.39 is 23.2 Å². The summed E-state index contributed by atoms with van der Waals surface area (Å²) in [4.78, 5) is 16.8. The first-order valence-corrected chi connectivity index (χ1v) is 7.80. The molecule has 0 heterocycles. The molecule has 1 aromatic rings. The van der Waals surface area contributed by atoms with Crippen LogP contribution in [0.2, 0.25) is 0 Å². The van der Waals surface area contributed by atoms with Crippen LogP contribution in [0.3, 0.4) is 0 Å². The molecule has 0 spiro atoms. The maximum atomic E-state index is 12.6. The molecule has 1 fully saturated rings. The van der Waals surface area contributed by atoms with E-state index >= 15 is 0 Å². The van der Waals surface area contributed by atoms with Crippen molar-refractivity contribution in [2.24, 2.45) is 5.92 Å². The lowest BCUT2D eigenvalue weighted by Gasteiger charge is -2.21. The van der Waals surface area contributed by atoms with E-state index in [-0.39, 0.29) is 17.4 Å². The van der Waals surface area contributed by atoms with Crippen molar-refractivity contribution in [2.75, 3.05) is 0 Å². The van der Waals surface area contributed by atoms with Crippen LogP contribution in [0.5, 0.6) is 5.75 Å². The van der Waals surface area contributed by atoms with Gasteiger partial charge in [0, 0.05) is 5.92 Å². The fourth-order valence-electron chi connectivity index (χ4n) is 2.70. The molecule has 1 aliphatic rings. The second kappa shape index (κ2) is 7.92. The number of hydrogen-bond acceptors (Lipinski definition) is 4. The first-order chi connectivity index (χ1) is 11.8. The molecule has 0 radical (unpaired) electrons. The lowest BCUT2D eigenvalue weighted by molar-refractivity contribution is -0.137. The third kappa shape index (κ3) is 4.89. The average molecular weight is 354 g/mol. The van der Waals surface area contributed by atoms with Crippen LogP contribution in [0, 0.1) is 17.2 Å². The quantitative estimate of drug-likeness (QED) is 0.370. The zero-order valence-corrected chi connectivity index (χ0v) is 13.3. The maximum Gasteiger partial charge on any atom is 0.416 e. The standard InChI is InChI=1S/C17H17F3N2O3/c18-17(19,20)12-7-4-8-13(9-12)25-22-16(24)14(10-21)15(23)11-5-2-1-3-6-11/h4,7-9,11,23H,1-3,5-6H2,(H,22,24)/b15-14+. The van der Waals surface area contributed by atoms with Gasteiger partial charge < -0.3 is 9.94 Å². The summed E-state index contributed by atoms with van der Waals surface area (Å²) in [6, 6.07) is 5.57. The number of hydrogen-bond donors (Lipinski definition) is 2. The number of aliphatic hydroxyl groups is 1. The normalized spacial score (nSPS) is 16.6. The fraction of sp³-hybridized carbons (Fsp3) is 0.412. The van der Waals surface area contributed by atoms with E-state index in [0.29, 0.717) is 12.8 Å². The molecule has 134 valence electrons. The molecule has 0 saturated heterocycles. The van der Waals surface area contributed by atoms with Crippen LogP contribution in [0.15, 0.2) is 35.6 Å². The number of carbonyl (C=O) groups is 1. The summed E-state index contributed by atoms with van der Waals surface area (Å²) in [5.74, 6) is -1.80. The van der Waals surface area contributed by atoms with Crippen molar-refractivity contribution in [3.05, 3.63) is 41.2 Å². The van der Waals surface area contributed by atoms with Gasteiger partial charge >= 0.3 is 6.18 Å². The molecule has 0 atom stereocenters. The third-order valence-electron chi connectivity index (χ3n) is 4.01. The Balaban J connectivity index is 2.07. The van der Waals surface area contributed by atoms with Crippen LogP contribution in [0.1, 0.15) is 37.7 Å². The van der Waals surface area contributed by atoms with E-state index in [1.165, 1.54) is 6.07 Å². The molecular formula is C17H17F3N2O3. The monoisotopic (exact) mass is 354 g/mol. The Morgan fingerprint density at radius 2 is 1.96 bits per heavy atom. The summed E-state index contributed by atoms with van der Waals surface area (Å²) in [5.41, 5.74) is 0.485. The van der Waals surface area contributed by atoms with Crippen molar-refractivity contribution < 1.29 is 27.9 Å². The minimum atomic E-state index is -4.54. The highest BCUT2D eigenvalue weighted by Crippen LogP contribution is 2.31. The molecule has 2 N–H and O–H groups in total. The Morgan fingerprint density at radius 3 is 2.56 bits per heavy atom. The van der Waals surface area contributed by atoms with Gasteiger partial charge in [0.15, 0.2) is 11.3 Å². The van der Waals surface area contributed by atoms with Crippen LogP contribution < -0.4 is 10.3 Å². The molecule has 25 heavy (non-hydrogen) atoms. The second-order valence-corrected chi connectivity index (χ2v) is 5.77. The average Bonchev–Trinajstić information content (AvgIpc) is 2.61. The number of hydroxylamine groups is 1. The summed E-state index contributed by atoms with van der Waals surface area (Å²) in [5, 5.41) is 19.3. The number of allylic oxidation sites excluding steroid dienone is 1. The predicted octanol–water partition coefficient (Wildman–Crippen LogP) is 4.03. The molecule has 0 aliphatic heterocycles. The number of nitriles is 1. The number of halogens is 3. The van der Waals surface area contributed by atoms with Crippen molar-refractivity contribution in [2.45, 2.75) is 38.3 Å². The van der Waals surface area contributed by atoms with Crippen molar-refractivity contribution in [1.82, 2.24) is 5.48 Å². The summed E-state index contributed by atoms with van der Waals surface area (Å²) in [6.07, 6.45) is -0.347. The number of carbonyl (C=O) groups excluding carboxylic acids is 1. The number of aliphatic hydroxyl groups excluding tert-OH is 1. The number of nitrogens with one attached hydrogen (secondary N) is 1.